The number of amides is 1. The zero-order valence-corrected chi connectivity index (χ0v) is 17.5. The number of hydrogen-bond donors (Lipinski definition) is 1. The maximum absolute atomic E-state index is 12.5. The van der Waals surface area contributed by atoms with Crippen molar-refractivity contribution in [3.63, 3.8) is 0 Å². The van der Waals surface area contributed by atoms with Gasteiger partial charge in [0.25, 0.3) is 0 Å². The minimum atomic E-state index is -2.92. The van der Waals surface area contributed by atoms with Crippen molar-refractivity contribution in [1.82, 2.24) is 4.57 Å². The number of anilines is 1. The second-order valence-electron chi connectivity index (χ2n) is 7.33. The van der Waals surface area contributed by atoms with E-state index in [9.17, 15) is 18.8 Å². The first-order chi connectivity index (χ1) is 14.8. The second kappa shape index (κ2) is 9.47. The van der Waals surface area contributed by atoms with E-state index in [1.807, 2.05) is 0 Å². The molecule has 0 spiro atoms. The molecule has 4 rings (SSSR count). The molecule has 1 aliphatic carbocycles. The van der Waals surface area contributed by atoms with Crippen LogP contribution >= 0.6 is 0 Å². The van der Waals surface area contributed by atoms with Crippen molar-refractivity contribution >= 4 is 22.7 Å². The number of carbonyl (C=O) groups is 1. The first kappa shape index (κ1) is 22.1. The van der Waals surface area contributed by atoms with E-state index in [0.717, 1.165) is 11.5 Å². The van der Waals surface area contributed by atoms with E-state index in [1.165, 1.54) is 32.1 Å². The van der Waals surface area contributed by atoms with Crippen molar-refractivity contribution in [2.45, 2.75) is 26.4 Å². The number of carbonyl (C=O) groups excluding carboxylic acids is 1. The molecule has 31 heavy (non-hydrogen) atoms. The van der Waals surface area contributed by atoms with Crippen LogP contribution in [0.5, 0.6) is 5.75 Å². The molecule has 0 radical (unpaired) electrons. The summed E-state index contributed by atoms with van der Waals surface area (Å²) in [6.45, 7) is -0.646. The number of rotatable bonds is 4. The van der Waals surface area contributed by atoms with Crippen LogP contribution in [-0.4, -0.2) is 24.4 Å². The minimum absolute atomic E-state index is 0.0202. The Labute approximate surface area is 179 Å². The number of halogens is 2. The average molecular weight is 427 g/mol. The Hall–Kier alpha value is -3.60. The maximum atomic E-state index is 12.5. The molecule has 1 aromatic heterocycles. The topological polar surface area (TPSA) is 76.3 Å². The molecule has 1 heterocycles. The van der Waals surface area contributed by atoms with Gasteiger partial charge in [0.1, 0.15) is 11.8 Å². The Morgan fingerprint density at radius 1 is 1.23 bits per heavy atom. The van der Waals surface area contributed by atoms with Crippen LogP contribution in [0.4, 0.5) is 19.3 Å². The number of alkyl halides is 2. The van der Waals surface area contributed by atoms with Gasteiger partial charge in [0.15, 0.2) is 0 Å². The number of aromatic nitrogens is 1. The van der Waals surface area contributed by atoms with E-state index < -0.39 is 12.7 Å². The fourth-order valence-corrected chi connectivity index (χ4v) is 3.09. The third kappa shape index (κ3) is 5.31. The molecule has 1 aliphatic rings. The summed E-state index contributed by atoms with van der Waals surface area (Å²) in [6, 6.07) is 13.5. The number of nitrogens with zero attached hydrogens (tertiary/aromatic N) is 2. The van der Waals surface area contributed by atoms with E-state index in [4.69, 9.17) is 0 Å². The van der Waals surface area contributed by atoms with Crippen molar-refractivity contribution in [2.24, 2.45) is 13.0 Å². The Bertz CT molecular complexity index is 1110. The van der Waals surface area contributed by atoms with Gasteiger partial charge in [-0.2, -0.15) is 14.0 Å². The van der Waals surface area contributed by atoms with E-state index in [1.54, 1.807) is 41.9 Å². The lowest BCUT2D eigenvalue weighted by molar-refractivity contribution is -0.0497. The lowest BCUT2D eigenvalue weighted by Gasteiger charge is -2.08. The highest BCUT2D eigenvalue weighted by Gasteiger charge is 2.18. The molecule has 0 saturated heterocycles. The number of aryl methyl sites for hydroxylation is 1. The van der Waals surface area contributed by atoms with Crippen molar-refractivity contribution in [2.75, 3.05) is 12.4 Å². The summed E-state index contributed by atoms with van der Waals surface area (Å²) >= 11 is 0. The van der Waals surface area contributed by atoms with Crippen molar-refractivity contribution in [3.8, 4) is 23.1 Å². The summed E-state index contributed by atoms with van der Waals surface area (Å²) in [6.07, 6.45) is 2.39. The largest absolute Gasteiger partial charge is 0.453 e. The maximum Gasteiger partial charge on any atom is 0.411 e. The second-order valence-corrected chi connectivity index (χ2v) is 7.33. The summed E-state index contributed by atoms with van der Waals surface area (Å²) in [5, 5.41) is 12.8. The highest BCUT2D eigenvalue weighted by atomic mass is 19.3. The van der Waals surface area contributed by atoms with Crippen LogP contribution in [0.15, 0.2) is 42.5 Å². The van der Waals surface area contributed by atoms with E-state index in [-0.39, 0.29) is 5.75 Å². The fourth-order valence-electron chi connectivity index (χ4n) is 3.09. The summed E-state index contributed by atoms with van der Waals surface area (Å²) in [5.74, 6) is 1.10. The normalized spacial score (nSPS) is 12.7. The number of fused-ring (bicyclic) bond motifs is 1. The first-order valence-electron chi connectivity index (χ1n) is 9.76. The van der Waals surface area contributed by atoms with Crippen LogP contribution < -0.4 is 10.1 Å². The van der Waals surface area contributed by atoms with Crippen molar-refractivity contribution in [3.05, 3.63) is 48.0 Å². The standard InChI is InChI=1S/C19H15F2N3O3.C4H8/c1-24-16-9-13(27-18(20)21)7-8-14(16)15(10-22)17(24)11-3-5-12(6-4-11)23-19(25)26-2;1-4-2-3-4/h3-9,18H,1-2H3,(H,23,25);4H,2-3H2,1H3. The Morgan fingerprint density at radius 3 is 2.39 bits per heavy atom. The molecule has 2 aromatic carbocycles. The molecule has 1 saturated carbocycles. The van der Waals surface area contributed by atoms with Gasteiger partial charge in [-0.05, 0) is 35.7 Å². The molecule has 1 fully saturated rings. The molecule has 0 bridgehead atoms. The lowest BCUT2D eigenvalue weighted by atomic mass is 10.1. The van der Waals surface area contributed by atoms with Gasteiger partial charge in [0, 0.05) is 24.2 Å². The quantitative estimate of drug-likeness (QED) is 0.561. The van der Waals surface area contributed by atoms with Gasteiger partial charge in [-0.15, -0.1) is 0 Å². The zero-order chi connectivity index (χ0) is 22.5. The minimum Gasteiger partial charge on any atom is -0.453 e. The Morgan fingerprint density at radius 2 is 1.87 bits per heavy atom. The molecule has 3 aromatic rings. The zero-order valence-electron chi connectivity index (χ0n) is 17.5. The molecule has 0 unspecified atom stereocenters. The number of ether oxygens (including phenoxy) is 2. The number of nitrogens with one attached hydrogen (secondary N) is 1. The van der Waals surface area contributed by atoms with Crippen molar-refractivity contribution in [1.29, 1.82) is 5.26 Å². The van der Waals surface area contributed by atoms with Crippen LogP contribution in [-0.2, 0) is 11.8 Å². The SMILES string of the molecule is CC1CC1.COC(=O)Nc1ccc(-c2c(C#N)c3ccc(OC(F)F)cc3n2C)cc1. The van der Waals surface area contributed by atoms with E-state index >= 15 is 0 Å². The summed E-state index contributed by atoms with van der Waals surface area (Å²) in [5.41, 5.74) is 2.92. The van der Waals surface area contributed by atoms with Crippen molar-refractivity contribution < 1.29 is 23.0 Å². The molecule has 1 N–H and O–H groups in total. The molecular weight excluding hydrogens is 404 g/mol. The molecular formula is C23H23F2N3O3. The highest BCUT2D eigenvalue weighted by molar-refractivity contribution is 5.95. The van der Waals surface area contributed by atoms with Crippen LogP contribution in [0.1, 0.15) is 25.3 Å². The number of benzene rings is 2. The van der Waals surface area contributed by atoms with Gasteiger partial charge in [0.05, 0.1) is 23.9 Å². The predicted molar refractivity (Wildman–Crippen MR) is 114 cm³/mol. The Balaban J connectivity index is 0.000000610. The van der Waals surface area contributed by atoms with Gasteiger partial charge >= 0.3 is 12.7 Å². The van der Waals surface area contributed by atoms with Crippen LogP contribution in [0.2, 0.25) is 0 Å². The van der Waals surface area contributed by atoms with Crippen LogP contribution in [0.25, 0.3) is 22.2 Å². The molecule has 0 atom stereocenters. The molecule has 8 heteroatoms. The van der Waals surface area contributed by atoms with E-state index in [2.05, 4.69) is 27.8 Å². The molecule has 162 valence electrons. The summed E-state index contributed by atoms with van der Waals surface area (Å²) < 4.78 is 35.7. The number of nitriles is 1. The summed E-state index contributed by atoms with van der Waals surface area (Å²) in [7, 11) is 3.01. The Kier molecular flexibility index (Phi) is 6.75. The molecule has 0 aliphatic heterocycles. The van der Waals surface area contributed by atoms with Gasteiger partial charge < -0.3 is 14.0 Å². The van der Waals surface area contributed by atoms with Gasteiger partial charge in [-0.1, -0.05) is 31.9 Å². The number of hydrogen-bond acceptors (Lipinski definition) is 4. The molecule has 1 amide bonds. The van der Waals surface area contributed by atoms with Crippen LogP contribution in [0, 0.1) is 17.2 Å². The number of methoxy groups -OCH3 is 1. The lowest BCUT2D eigenvalue weighted by Crippen LogP contribution is -2.10. The fraction of sp³-hybridized carbons (Fsp3) is 0.304. The third-order valence-corrected chi connectivity index (χ3v) is 4.97. The predicted octanol–water partition coefficient (Wildman–Crippen LogP) is 5.91. The monoisotopic (exact) mass is 427 g/mol. The van der Waals surface area contributed by atoms with Gasteiger partial charge in [-0.3, -0.25) is 5.32 Å². The van der Waals surface area contributed by atoms with Gasteiger partial charge in [-0.25, -0.2) is 4.79 Å². The average Bonchev–Trinajstić information content (AvgIpc) is 3.48. The van der Waals surface area contributed by atoms with Crippen LogP contribution in [0.3, 0.4) is 0 Å². The van der Waals surface area contributed by atoms with E-state index in [0.29, 0.717) is 27.8 Å². The summed E-state index contributed by atoms with van der Waals surface area (Å²) in [4.78, 5) is 11.3. The third-order valence-electron chi connectivity index (χ3n) is 4.97. The first-order valence-corrected chi connectivity index (χ1v) is 9.76. The smallest absolute Gasteiger partial charge is 0.411 e. The molecule has 6 nitrogen and oxygen atoms in total. The highest BCUT2D eigenvalue weighted by Crippen LogP contribution is 2.35. The van der Waals surface area contributed by atoms with Gasteiger partial charge in [0.2, 0.25) is 0 Å².